The molecular formula is C16H22N2O2. The smallest absolute Gasteiger partial charge is 0.221 e. The maximum Gasteiger partial charge on any atom is 0.221 e. The molecule has 108 valence electrons. The van der Waals surface area contributed by atoms with Crippen molar-refractivity contribution in [3.63, 3.8) is 0 Å². The molecule has 4 nitrogen and oxygen atoms in total. The molecule has 0 aromatic heterocycles. The monoisotopic (exact) mass is 274 g/mol. The van der Waals surface area contributed by atoms with E-state index in [2.05, 4.69) is 0 Å². The van der Waals surface area contributed by atoms with E-state index < -0.39 is 0 Å². The summed E-state index contributed by atoms with van der Waals surface area (Å²) < 4.78 is 0. The van der Waals surface area contributed by atoms with Gasteiger partial charge in [-0.15, -0.1) is 0 Å². The van der Waals surface area contributed by atoms with Crippen molar-refractivity contribution in [3.05, 3.63) is 34.9 Å². The lowest BCUT2D eigenvalue weighted by molar-refractivity contribution is -0.121. The third-order valence-corrected chi connectivity index (χ3v) is 4.34. The molecule has 1 aromatic rings. The van der Waals surface area contributed by atoms with Crippen molar-refractivity contribution in [1.29, 1.82) is 0 Å². The minimum atomic E-state index is -0.265. The Morgan fingerprint density at radius 1 is 1.30 bits per heavy atom. The van der Waals surface area contributed by atoms with Gasteiger partial charge in [-0.2, -0.15) is 0 Å². The van der Waals surface area contributed by atoms with Crippen LogP contribution in [0, 0.1) is 19.8 Å². The highest BCUT2D eigenvalue weighted by Gasteiger charge is 2.32. The van der Waals surface area contributed by atoms with Crippen LogP contribution in [0.5, 0.6) is 0 Å². The Balaban J connectivity index is 2.09. The van der Waals surface area contributed by atoms with Crippen LogP contribution in [0.3, 0.4) is 0 Å². The van der Waals surface area contributed by atoms with Gasteiger partial charge in [0.25, 0.3) is 0 Å². The van der Waals surface area contributed by atoms with Crippen LogP contribution in [-0.4, -0.2) is 35.7 Å². The molecule has 1 fully saturated rings. The second-order valence-electron chi connectivity index (χ2n) is 5.72. The number of primary amides is 1. The minimum Gasteiger partial charge on any atom is -0.369 e. The Morgan fingerprint density at radius 2 is 2.00 bits per heavy atom. The van der Waals surface area contributed by atoms with Gasteiger partial charge in [-0.25, -0.2) is 0 Å². The summed E-state index contributed by atoms with van der Waals surface area (Å²) in [5.74, 6) is -0.276. The lowest BCUT2D eigenvalue weighted by Crippen LogP contribution is -2.38. The molecule has 1 aromatic carbocycles. The number of nitrogens with two attached hydrogens (primary N) is 1. The van der Waals surface area contributed by atoms with Gasteiger partial charge >= 0.3 is 0 Å². The van der Waals surface area contributed by atoms with Gasteiger partial charge in [0.2, 0.25) is 5.91 Å². The summed E-state index contributed by atoms with van der Waals surface area (Å²) in [5, 5.41) is 0. The summed E-state index contributed by atoms with van der Waals surface area (Å²) in [7, 11) is 0. The first-order valence-corrected chi connectivity index (χ1v) is 7.05. The largest absolute Gasteiger partial charge is 0.369 e. The van der Waals surface area contributed by atoms with Crippen molar-refractivity contribution in [1.82, 2.24) is 4.90 Å². The number of benzene rings is 1. The molecule has 0 spiro atoms. The van der Waals surface area contributed by atoms with Gasteiger partial charge in [0.05, 0.1) is 12.0 Å². The first-order valence-electron chi connectivity index (χ1n) is 7.05. The SMILES string of the molecule is Cc1ccc(C(=O)C(C)N2CCC(C(N)=O)C2)cc1C. The van der Waals surface area contributed by atoms with Gasteiger partial charge in [-0.05, 0) is 50.9 Å². The van der Waals surface area contributed by atoms with Gasteiger partial charge < -0.3 is 5.73 Å². The lowest BCUT2D eigenvalue weighted by Gasteiger charge is -2.23. The van der Waals surface area contributed by atoms with E-state index in [1.165, 1.54) is 5.56 Å². The number of aryl methyl sites for hydroxylation is 2. The minimum absolute atomic E-state index is 0.109. The zero-order chi connectivity index (χ0) is 14.9. The number of amides is 1. The molecule has 2 unspecified atom stereocenters. The standard InChI is InChI=1S/C16H22N2O2/c1-10-4-5-13(8-11(10)2)15(19)12(3)18-7-6-14(9-18)16(17)20/h4-5,8,12,14H,6-7,9H2,1-3H3,(H2,17,20). The predicted molar refractivity (Wildman–Crippen MR) is 78.6 cm³/mol. The van der Waals surface area contributed by atoms with E-state index >= 15 is 0 Å². The van der Waals surface area contributed by atoms with Crippen molar-refractivity contribution < 1.29 is 9.59 Å². The first-order chi connectivity index (χ1) is 9.40. The number of hydrogen-bond acceptors (Lipinski definition) is 3. The number of Topliss-reactive ketones (excluding diaryl/α,β-unsaturated/α-hetero) is 1. The zero-order valence-corrected chi connectivity index (χ0v) is 12.3. The van der Waals surface area contributed by atoms with E-state index in [4.69, 9.17) is 5.73 Å². The van der Waals surface area contributed by atoms with E-state index in [9.17, 15) is 9.59 Å². The van der Waals surface area contributed by atoms with Gasteiger partial charge in [0, 0.05) is 12.1 Å². The van der Waals surface area contributed by atoms with Crippen LogP contribution in [0.15, 0.2) is 18.2 Å². The third kappa shape index (κ3) is 2.90. The highest BCUT2D eigenvalue weighted by molar-refractivity contribution is 6.00. The van der Waals surface area contributed by atoms with Crippen LogP contribution in [0.25, 0.3) is 0 Å². The van der Waals surface area contributed by atoms with Crippen LogP contribution in [0.4, 0.5) is 0 Å². The van der Waals surface area contributed by atoms with E-state index in [0.29, 0.717) is 6.54 Å². The Labute approximate surface area is 119 Å². The van der Waals surface area contributed by atoms with Gasteiger partial charge in [0.15, 0.2) is 5.78 Å². The topological polar surface area (TPSA) is 63.4 Å². The molecule has 20 heavy (non-hydrogen) atoms. The van der Waals surface area contributed by atoms with Gasteiger partial charge in [-0.1, -0.05) is 12.1 Å². The fraction of sp³-hybridized carbons (Fsp3) is 0.500. The number of carbonyl (C=O) groups is 2. The number of hydrogen-bond donors (Lipinski definition) is 1. The average Bonchev–Trinajstić information content (AvgIpc) is 2.90. The molecule has 1 amide bonds. The van der Waals surface area contributed by atoms with Crippen molar-refractivity contribution in [2.24, 2.45) is 11.7 Å². The van der Waals surface area contributed by atoms with Crippen molar-refractivity contribution >= 4 is 11.7 Å². The van der Waals surface area contributed by atoms with Crippen LogP contribution in [0.1, 0.15) is 34.8 Å². The van der Waals surface area contributed by atoms with Gasteiger partial charge in [0.1, 0.15) is 0 Å². The number of carbonyl (C=O) groups excluding carboxylic acids is 2. The Morgan fingerprint density at radius 3 is 2.55 bits per heavy atom. The predicted octanol–water partition coefficient (Wildman–Crippen LogP) is 1.68. The van der Waals surface area contributed by atoms with Crippen molar-refractivity contribution in [3.8, 4) is 0 Å². The van der Waals surface area contributed by atoms with E-state index in [-0.39, 0.29) is 23.7 Å². The highest BCUT2D eigenvalue weighted by Crippen LogP contribution is 2.21. The second kappa shape index (κ2) is 5.75. The second-order valence-corrected chi connectivity index (χ2v) is 5.72. The first kappa shape index (κ1) is 14.7. The van der Waals surface area contributed by atoms with Crippen molar-refractivity contribution in [2.75, 3.05) is 13.1 Å². The summed E-state index contributed by atoms with van der Waals surface area (Å²) in [6.07, 6.45) is 0.750. The number of likely N-dealkylation sites (tertiary alicyclic amines) is 1. The van der Waals surface area contributed by atoms with E-state index in [1.54, 1.807) is 0 Å². The molecule has 2 N–H and O–H groups in total. The lowest BCUT2D eigenvalue weighted by atomic mass is 10.00. The van der Waals surface area contributed by atoms with Gasteiger partial charge in [-0.3, -0.25) is 14.5 Å². The fourth-order valence-corrected chi connectivity index (χ4v) is 2.67. The molecule has 1 heterocycles. The summed E-state index contributed by atoms with van der Waals surface area (Å²) in [6.45, 7) is 7.29. The maximum absolute atomic E-state index is 12.5. The van der Waals surface area contributed by atoms with Crippen molar-refractivity contribution in [2.45, 2.75) is 33.2 Å². The molecule has 2 atom stereocenters. The molecule has 2 rings (SSSR count). The molecule has 1 saturated heterocycles. The van der Waals surface area contributed by atoms with E-state index in [0.717, 1.165) is 24.1 Å². The molecule has 0 radical (unpaired) electrons. The quantitative estimate of drug-likeness (QED) is 0.850. The Hall–Kier alpha value is -1.68. The van der Waals surface area contributed by atoms with Crippen LogP contribution in [-0.2, 0) is 4.79 Å². The summed E-state index contributed by atoms with van der Waals surface area (Å²) in [6, 6.07) is 5.59. The Kier molecular flexibility index (Phi) is 4.23. The maximum atomic E-state index is 12.5. The summed E-state index contributed by atoms with van der Waals surface area (Å²) in [5.41, 5.74) is 8.38. The van der Waals surface area contributed by atoms with Crippen LogP contribution in [0.2, 0.25) is 0 Å². The molecule has 0 aliphatic carbocycles. The Bertz CT molecular complexity index is 539. The van der Waals surface area contributed by atoms with Crippen LogP contribution < -0.4 is 5.73 Å². The van der Waals surface area contributed by atoms with E-state index in [1.807, 2.05) is 43.9 Å². The number of ketones is 1. The fourth-order valence-electron chi connectivity index (χ4n) is 2.67. The zero-order valence-electron chi connectivity index (χ0n) is 12.3. The summed E-state index contributed by atoms with van der Waals surface area (Å²) >= 11 is 0. The molecular weight excluding hydrogens is 252 g/mol. The average molecular weight is 274 g/mol. The molecule has 4 heteroatoms. The number of nitrogens with zero attached hydrogens (tertiary/aromatic N) is 1. The molecule has 0 saturated carbocycles. The highest BCUT2D eigenvalue weighted by atomic mass is 16.1. The molecule has 1 aliphatic rings. The number of rotatable bonds is 4. The summed E-state index contributed by atoms with van der Waals surface area (Å²) in [4.78, 5) is 25.8. The third-order valence-electron chi connectivity index (χ3n) is 4.34. The molecule has 1 aliphatic heterocycles. The molecule has 0 bridgehead atoms. The van der Waals surface area contributed by atoms with Crippen LogP contribution >= 0.6 is 0 Å². The normalized spacial score (nSPS) is 20.9.